The van der Waals surface area contributed by atoms with Crippen LogP contribution in [0, 0.1) is 0 Å². The van der Waals surface area contributed by atoms with Gasteiger partial charge >= 0.3 is 18.9 Å². The fourth-order valence-corrected chi connectivity index (χ4v) is 0.723. The van der Waals surface area contributed by atoms with Crippen molar-refractivity contribution in [3.05, 3.63) is 0 Å². The van der Waals surface area contributed by atoms with Gasteiger partial charge in [-0.1, -0.05) is 0 Å². The standard InChI is InChI=1S/C6H14O2.Li.H/c1-5(7)4-6(2,3)8;;/h5,7-8H,4H2,1-3H3;;. The fraction of sp³-hybridized carbons (Fsp3) is 1.00. The average molecular weight is 126 g/mol. The van der Waals surface area contributed by atoms with Gasteiger partial charge in [-0.05, 0) is 20.8 Å². The minimum atomic E-state index is -0.728. The van der Waals surface area contributed by atoms with Crippen LogP contribution in [0.5, 0.6) is 0 Å². The third-order valence-electron chi connectivity index (χ3n) is 0.795. The molecule has 0 saturated carbocycles. The second-order valence-electron chi connectivity index (χ2n) is 2.87. The Morgan fingerprint density at radius 1 is 1.44 bits per heavy atom. The zero-order valence-electron chi connectivity index (χ0n) is 5.68. The summed E-state index contributed by atoms with van der Waals surface area (Å²) < 4.78 is 0. The van der Waals surface area contributed by atoms with Crippen LogP contribution in [0.4, 0.5) is 0 Å². The number of hydrogen-bond donors (Lipinski definition) is 2. The van der Waals surface area contributed by atoms with Crippen molar-refractivity contribution < 1.29 is 10.2 Å². The summed E-state index contributed by atoms with van der Waals surface area (Å²) in [6.07, 6.45) is 0.0301. The summed E-state index contributed by atoms with van der Waals surface area (Å²) in [6, 6.07) is 0. The third kappa shape index (κ3) is 11.9. The molecule has 0 heterocycles. The predicted molar refractivity (Wildman–Crippen MR) is 39.7 cm³/mol. The van der Waals surface area contributed by atoms with Crippen molar-refractivity contribution in [1.82, 2.24) is 0 Å². The molecule has 0 rings (SSSR count). The molecule has 2 nitrogen and oxygen atoms in total. The number of aliphatic hydroxyl groups is 2. The van der Waals surface area contributed by atoms with Crippen molar-refractivity contribution in [2.75, 3.05) is 0 Å². The first-order chi connectivity index (χ1) is 3.42. The molecule has 0 aromatic carbocycles. The van der Waals surface area contributed by atoms with Gasteiger partial charge in [0.25, 0.3) is 0 Å². The number of aliphatic hydroxyl groups excluding tert-OH is 1. The van der Waals surface area contributed by atoms with Crippen LogP contribution in [0.2, 0.25) is 0 Å². The second kappa shape index (κ2) is 4.35. The predicted octanol–water partition coefficient (Wildman–Crippen LogP) is -0.120. The number of hydrogen-bond acceptors (Lipinski definition) is 2. The summed E-state index contributed by atoms with van der Waals surface area (Å²) in [5.74, 6) is 0. The molecular weight excluding hydrogens is 111 g/mol. The van der Waals surface area contributed by atoms with Gasteiger partial charge in [-0.15, -0.1) is 0 Å². The zero-order chi connectivity index (χ0) is 6.78. The van der Waals surface area contributed by atoms with Gasteiger partial charge in [0.05, 0.1) is 11.7 Å². The first-order valence-corrected chi connectivity index (χ1v) is 2.82. The first-order valence-electron chi connectivity index (χ1n) is 2.82. The van der Waals surface area contributed by atoms with Gasteiger partial charge in [0.15, 0.2) is 0 Å². The molecule has 0 aromatic rings. The maximum atomic E-state index is 9.03. The minimum absolute atomic E-state index is 0. The van der Waals surface area contributed by atoms with Crippen molar-refractivity contribution >= 4 is 18.9 Å². The Kier molecular flexibility index (Phi) is 5.91. The quantitative estimate of drug-likeness (QED) is 0.506. The third-order valence-corrected chi connectivity index (χ3v) is 0.795. The Bertz CT molecular complexity index is 65.9. The monoisotopic (exact) mass is 126 g/mol. The van der Waals surface area contributed by atoms with Crippen LogP contribution in [-0.2, 0) is 0 Å². The molecule has 9 heavy (non-hydrogen) atoms. The zero-order valence-corrected chi connectivity index (χ0v) is 5.68. The molecule has 0 spiro atoms. The molecule has 2 N–H and O–H groups in total. The molecule has 0 radical (unpaired) electrons. The van der Waals surface area contributed by atoms with Crippen molar-refractivity contribution in [1.29, 1.82) is 0 Å². The van der Waals surface area contributed by atoms with Gasteiger partial charge in [0.2, 0.25) is 0 Å². The Balaban J connectivity index is 0. The SMILES string of the molecule is CC(O)CC(C)(C)O.[LiH]. The maximum absolute atomic E-state index is 9.03. The molecule has 1 atom stereocenters. The van der Waals surface area contributed by atoms with Crippen LogP contribution < -0.4 is 0 Å². The van der Waals surface area contributed by atoms with Crippen molar-refractivity contribution in [3.63, 3.8) is 0 Å². The van der Waals surface area contributed by atoms with Crippen molar-refractivity contribution in [2.45, 2.75) is 38.9 Å². The molecule has 0 bridgehead atoms. The van der Waals surface area contributed by atoms with Crippen LogP contribution in [0.25, 0.3) is 0 Å². The van der Waals surface area contributed by atoms with E-state index in [1.165, 1.54) is 0 Å². The van der Waals surface area contributed by atoms with E-state index in [0.29, 0.717) is 6.42 Å². The van der Waals surface area contributed by atoms with Crippen molar-refractivity contribution in [2.24, 2.45) is 0 Å². The van der Waals surface area contributed by atoms with Gasteiger partial charge in [-0.2, -0.15) is 0 Å². The topological polar surface area (TPSA) is 40.5 Å². The van der Waals surface area contributed by atoms with Crippen LogP contribution in [0.15, 0.2) is 0 Å². The summed E-state index contributed by atoms with van der Waals surface area (Å²) in [6.45, 7) is 5.03. The van der Waals surface area contributed by atoms with Crippen LogP contribution in [0.1, 0.15) is 27.2 Å². The van der Waals surface area contributed by atoms with E-state index in [9.17, 15) is 0 Å². The Hall–Kier alpha value is 0.517. The van der Waals surface area contributed by atoms with E-state index in [1.54, 1.807) is 20.8 Å². The summed E-state index contributed by atoms with van der Waals surface area (Å²) in [5, 5.41) is 17.8. The van der Waals surface area contributed by atoms with Crippen molar-refractivity contribution in [3.8, 4) is 0 Å². The normalized spacial score (nSPS) is 14.3. The molecule has 0 aromatic heterocycles. The summed E-state index contributed by atoms with van der Waals surface area (Å²) in [7, 11) is 0. The first kappa shape index (κ1) is 12.2. The van der Waals surface area contributed by atoms with Gasteiger partial charge in [-0.25, -0.2) is 0 Å². The Morgan fingerprint density at radius 2 is 1.78 bits per heavy atom. The van der Waals surface area contributed by atoms with E-state index >= 15 is 0 Å². The molecule has 0 aliphatic carbocycles. The molecule has 0 aliphatic rings. The molecule has 0 saturated heterocycles. The summed E-state index contributed by atoms with van der Waals surface area (Å²) in [5.41, 5.74) is -0.728. The Morgan fingerprint density at radius 3 is 1.78 bits per heavy atom. The fourth-order valence-electron chi connectivity index (χ4n) is 0.723. The van der Waals surface area contributed by atoms with E-state index in [-0.39, 0.29) is 18.9 Å². The van der Waals surface area contributed by atoms with Gasteiger partial charge in [0, 0.05) is 6.42 Å². The van der Waals surface area contributed by atoms with E-state index in [0.717, 1.165) is 0 Å². The average Bonchev–Trinajstić information content (AvgIpc) is 1.21. The van der Waals surface area contributed by atoms with Crippen LogP contribution in [-0.4, -0.2) is 40.8 Å². The van der Waals surface area contributed by atoms with Crippen LogP contribution in [0.3, 0.4) is 0 Å². The van der Waals surface area contributed by atoms with Gasteiger partial charge in [0.1, 0.15) is 0 Å². The van der Waals surface area contributed by atoms with Gasteiger partial charge < -0.3 is 10.2 Å². The van der Waals surface area contributed by atoms with Crippen LogP contribution >= 0.6 is 0 Å². The van der Waals surface area contributed by atoms with E-state index in [4.69, 9.17) is 10.2 Å². The number of rotatable bonds is 2. The van der Waals surface area contributed by atoms with E-state index in [1.807, 2.05) is 0 Å². The van der Waals surface area contributed by atoms with Gasteiger partial charge in [-0.3, -0.25) is 0 Å². The molecule has 0 fully saturated rings. The van der Waals surface area contributed by atoms with E-state index < -0.39 is 11.7 Å². The van der Waals surface area contributed by atoms with E-state index in [2.05, 4.69) is 0 Å². The molecule has 52 valence electrons. The molecule has 0 aliphatic heterocycles. The second-order valence-corrected chi connectivity index (χ2v) is 2.87. The summed E-state index contributed by atoms with van der Waals surface area (Å²) >= 11 is 0. The molecule has 1 unspecified atom stereocenters. The molecule has 3 heteroatoms. The Labute approximate surface area is 68.4 Å². The molecular formula is C6H15LiO2. The summed E-state index contributed by atoms with van der Waals surface area (Å²) in [4.78, 5) is 0. The molecule has 0 amide bonds.